The van der Waals surface area contributed by atoms with E-state index in [0.717, 1.165) is 38.7 Å². The topological polar surface area (TPSA) is 29.9 Å². The van der Waals surface area contributed by atoms with Crippen LogP contribution < -0.4 is 5.32 Å². The average Bonchev–Trinajstić information content (AvgIpc) is 2.65. The third kappa shape index (κ3) is 2.95. The van der Waals surface area contributed by atoms with Crippen LogP contribution >= 0.6 is 27.5 Å². The fourth-order valence-electron chi connectivity index (χ4n) is 2.07. The van der Waals surface area contributed by atoms with E-state index in [1.807, 2.05) is 36.7 Å². The van der Waals surface area contributed by atoms with Crippen molar-refractivity contribution in [3.8, 4) is 0 Å². The Hall–Kier alpha value is -1.00. The number of halogens is 2. The lowest BCUT2D eigenvalue weighted by molar-refractivity contribution is 0.622. The normalized spacial score (nSPS) is 10.8. The number of hydrogen-bond acceptors (Lipinski definition) is 2. The van der Waals surface area contributed by atoms with E-state index in [-0.39, 0.29) is 0 Å². The lowest BCUT2D eigenvalue weighted by atomic mass is 10.2. The first-order valence-electron chi connectivity index (χ1n) is 6.25. The maximum Gasteiger partial charge on any atom is 0.0739 e. The highest BCUT2D eigenvalue weighted by molar-refractivity contribution is 9.10. The van der Waals surface area contributed by atoms with Gasteiger partial charge in [0.15, 0.2) is 0 Å². The summed E-state index contributed by atoms with van der Waals surface area (Å²) >= 11 is 9.81. The molecule has 1 aromatic carbocycles. The number of para-hydroxylation sites is 1. The molecule has 1 heterocycles. The maximum absolute atomic E-state index is 6.22. The Morgan fingerprint density at radius 2 is 2.11 bits per heavy atom. The number of benzene rings is 1. The molecule has 1 N–H and O–H groups in total. The minimum atomic E-state index is 0.694. The van der Waals surface area contributed by atoms with Crippen LogP contribution in [0.5, 0.6) is 0 Å². The van der Waals surface area contributed by atoms with Crippen LogP contribution in [0, 0.1) is 13.8 Å². The summed E-state index contributed by atoms with van der Waals surface area (Å²) in [6.45, 7) is 7.68. The van der Waals surface area contributed by atoms with Gasteiger partial charge in [-0.15, -0.1) is 0 Å². The average molecular weight is 343 g/mol. The van der Waals surface area contributed by atoms with Crippen LogP contribution in [0.2, 0.25) is 5.02 Å². The van der Waals surface area contributed by atoms with Gasteiger partial charge in [0.25, 0.3) is 0 Å². The van der Waals surface area contributed by atoms with E-state index in [1.165, 1.54) is 0 Å². The molecular formula is C14H17BrClN3. The second-order valence-electron chi connectivity index (χ2n) is 4.45. The molecule has 0 radical (unpaired) electrons. The number of aryl methyl sites for hydroxylation is 3. The molecule has 1 aromatic heterocycles. The summed E-state index contributed by atoms with van der Waals surface area (Å²) in [5.41, 5.74) is 4.27. The van der Waals surface area contributed by atoms with E-state index in [1.54, 1.807) is 0 Å². The van der Waals surface area contributed by atoms with Gasteiger partial charge in [-0.2, -0.15) is 5.10 Å². The molecule has 19 heavy (non-hydrogen) atoms. The van der Waals surface area contributed by atoms with E-state index in [0.29, 0.717) is 6.54 Å². The van der Waals surface area contributed by atoms with Crippen LogP contribution in [0.1, 0.15) is 23.9 Å². The van der Waals surface area contributed by atoms with Crippen LogP contribution in [0.15, 0.2) is 22.7 Å². The number of anilines is 1. The third-order valence-corrected chi connectivity index (χ3v) is 4.45. The van der Waals surface area contributed by atoms with Gasteiger partial charge in [0.1, 0.15) is 0 Å². The van der Waals surface area contributed by atoms with Crippen molar-refractivity contribution >= 4 is 33.2 Å². The molecule has 2 rings (SSSR count). The minimum absolute atomic E-state index is 0.694. The molecule has 5 heteroatoms. The number of rotatable bonds is 4. The highest BCUT2D eigenvalue weighted by Crippen LogP contribution is 2.27. The predicted octanol–water partition coefficient (Wildman–Crippen LogP) is 4.55. The monoisotopic (exact) mass is 341 g/mol. The zero-order valence-electron chi connectivity index (χ0n) is 11.3. The van der Waals surface area contributed by atoms with E-state index >= 15 is 0 Å². The Morgan fingerprint density at radius 3 is 2.74 bits per heavy atom. The van der Waals surface area contributed by atoms with Crippen molar-refractivity contribution in [3.05, 3.63) is 44.6 Å². The van der Waals surface area contributed by atoms with Crippen LogP contribution in [0.3, 0.4) is 0 Å². The van der Waals surface area contributed by atoms with Gasteiger partial charge in [-0.05, 0) is 48.3 Å². The second-order valence-corrected chi connectivity index (χ2v) is 5.65. The fraction of sp³-hybridized carbons (Fsp3) is 0.357. The molecule has 0 saturated carbocycles. The van der Waals surface area contributed by atoms with Crippen molar-refractivity contribution < 1.29 is 0 Å². The Labute approximate surface area is 127 Å². The number of nitrogens with one attached hydrogen (secondary N) is 1. The molecule has 0 aliphatic carbocycles. The zero-order valence-corrected chi connectivity index (χ0v) is 13.6. The van der Waals surface area contributed by atoms with Gasteiger partial charge in [0.2, 0.25) is 0 Å². The highest BCUT2D eigenvalue weighted by Gasteiger charge is 2.12. The number of aromatic nitrogens is 2. The first kappa shape index (κ1) is 14.4. The SMILES string of the molecule is CCn1nc(C)c(Br)c1CNc1c(C)cccc1Cl. The largest absolute Gasteiger partial charge is 0.378 e. The van der Waals surface area contributed by atoms with E-state index < -0.39 is 0 Å². The number of nitrogens with zero attached hydrogens (tertiary/aromatic N) is 2. The number of hydrogen-bond donors (Lipinski definition) is 1. The van der Waals surface area contributed by atoms with Crippen LogP contribution in [-0.4, -0.2) is 9.78 Å². The molecule has 2 aromatic rings. The van der Waals surface area contributed by atoms with Crippen LogP contribution in [0.4, 0.5) is 5.69 Å². The Balaban J connectivity index is 2.24. The molecule has 0 aliphatic rings. The van der Waals surface area contributed by atoms with Gasteiger partial charge in [-0.25, -0.2) is 0 Å². The first-order valence-corrected chi connectivity index (χ1v) is 7.42. The quantitative estimate of drug-likeness (QED) is 0.883. The second kappa shape index (κ2) is 5.97. The van der Waals surface area contributed by atoms with Crippen molar-refractivity contribution in [1.29, 1.82) is 0 Å². The summed E-state index contributed by atoms with van der Waals surface area (Å²) in [7, 11) is 0. The molecule has 0 atom stereocenters. The van der Waals surface area contributed by atoms with Gasteiger partial charge < -0.3 is 5.32 Å². The molecule has 0 fully saturated rings. The summed E-state index contributed by atoms with van der Waals surface area (Å²) < 4.78 is 3.06. The van der Waals surface area contributed by atoms with Gasteiger partial charge in [-0.3, -0.25) is 4.68 Å². The third-order valence-electron chi connectivity index (χ3n) is 3.11. The highest BCUT2D eigenvalue weighted by atomic mass is 79.9. The van der Waals surface area contributed by atoms with Crippen molar-refractivity contribution in [3.63, 3.8) is 0 Å². The Morgan fingerprint density at radius 1 is 1.37 bits per heavy atom. The van der Waals surface area contributed by atoms with Crippen molar-refractivity contribution in [2.45, 2.75) is 33.9 Å². The standard InChI is InChI=1S/C14H17BrClN3/c1-4-19-12(13(15)10(3)18-19)8-17-14-9(2)6-5-7-11(14)16/h5-7,17H,4,8H2,1-3H3. The molecule has 3 nitrogen and oxygen atoms in total. The molecule has 0 aliphatic heterocycles. The molecule has 0 amide bonds. The van der Waals surface area contributed by atoms with Gasteiger partial charge in [-0.1, -0.05) is 23.7 Å². The molecule has 0 saturated heterocycles. The maximum atomic E-state index is 6.22. The van der Waals surface area contributed by atoms with Gasteiger partial charge in [0, 0.05) is 6.54 Å². The Bertz CT molecular complexity index is 572. The summed E-state index contributed by atoms with van der Waals surface area (Å²) in [5.74, 6) is 0. The summed E-state index contributed by atoms with van der Waals surface area (Å²) in [6, 6.07) is 5.90. The molecule has 0 bridgehead atoms. The van der Waals surface area contributed by atoms with Gasteiger partial charge >= 0.3 is 0 Å². The van der Waals surface area contributed by atoms with E-state index in [4.69, 9.17) is 11.6 Å². The molecule has 0 unspecified atom stereocenters. The molecule has 0 spiro atoms. The summed E-state index contributed by atoms with van der Waals surface area (Å²) in [6.07, 6.45) is 0. The predicted molar refractivity (Wildman–Crippen MR) is 83.9 cm³/mol. The lowest BCUT2D eigenvalue weighted by Crippen LogP contribution is -2.09. The smallest absolute Gasteiger partial charge is 0.0739 e. The molecular weight excluding hydrogens is 326 g/mol. The van der Waals surface area contributed by atoms with Crippen LogP contribution in [0.25, 0.3) is 0 Å². The van der Waals surface area contributed by atoms with Crippen molar-refractivity contribution in [1.82, 2.24) is 9.78 Å². The van der Waals surface area contributed by atoms with Crippen LogP contribution in [-0.2, 0) is 13.1 Å². The van der Waals surface area contributed by atoms with Crippen molar-refractivity contribution in [2.24, 2.45) is 0 Å². The molecule has 102 valence electrons. The lowest BCUT2D eigenvalue weighted by Gasteiger charge is -2.12. The summed E-state index contributed by atoms with van der Waals surface area (Å²) in [4.78, 5) is 0. The first-order chi connectivity index (χ1) is 9.04. The van der Waals surface area contributed by atoms with E-state index in [9.17, 15) is 0 Å². The van der Waals surface area contributed by atoms with E-state index in [2.05, 4.69) is 33.3 Å². The van der Waals surface area contributed by atoms with Gasteiger partial charge in [0.05, 0.1) is 33.1 Å². The fourth-order valence-corrected chi connectivity index (χ4v) is 2.78. The minimum Gasteiger partial charge on any atom is -0.378 e. The zero-order chi connectivity index (χ0) is 14.0. The van der Waals surface area contributed by atoms with Crippen molar-refractivity contribution in [2.75, 3.05) is 5.32 Å². The summed E-state index contributed by atoms with van der Waals surface area (Å²) in [5, 5.41) is 8.63. The Kier molecular flexibility index (Phi) is 4.53.